The van der Waals surface area contributed by atoms with Gasteiger partial charge in [-0.1, -0.05) is 48.0 Å². The van der Waals surface area contributed by atoms with Crippen molar-refractivity contribution in [3.05, 3.63) is 125 Å². The van der Waals surface area contributed by atoms with Gasteiger partial charge in [0.05, 0.1) is 11.1 Å². The average Bonchev–Trinajstić information content (AvgIpc) is 3.14. The van der Waals surface area contributed by atoms with E-state index in [0.717, 1.165) is 17.6 Å². The zero-order chi connectivity index (χ0) is 25.6. The first-order chi connectivity index (χ1) is 19.2. The van der Waals surface area contributed by atoms with Crippen LogP contribution < -0.4 is 9.13 Å². The molecule has 3 unspecified atom stereocenters. The molecule has 2 aliphatic carbocycles. The first-order valence-electron chi connectivity index (χ1n) is 14.0. The van der Waals surface area contributed by atoms with Crippen molar-refractivity contribution >= 4 is 28.0 Å². The van der Waals surface area contributed by atoms with Crippen molar-refractivity contribution in [1.82, 2.24) is 0 Å². The topological polar surface area (TPSA) is 20.9 Å². The molecular formula is C36H26N2O+2. The molecule has 0 amide bonds. The van der Waals surface area contributed by atoms with Crippen LogP contribution in [0.4, 0.5) is 0 Å². The summed E-state index contributed by atoms with van der Waals surface area (Å²) in [6.07, 6.45) is 7.98. The van der Waals surface area contributed by atoms with Gasteiger partial charge in [-0.15, -0.1) is 0 Å². The highest BCUT2D eigenvalue weighted by atomic mass is 16.3. The van der Waals surface area contributed by atoms with Crippen LogP contribution in [-0.2, 0) is 12.0 Å². The molecule has 2 aliphatic heterocycles. The van der Waals surface area contributed by atoms with E-state index in [1.807, 2.05) is 0 Å². The van der Waals surface area contributed by atoms with Gasteiger partial charge in [-0.2, -0.15) is 9.13 Å². The second-order valence-corrected chi connectivity index (χ2v) is 11.9. The van der Waals surface area contributed by atoms with Gasteiger partial charge in [-0.25, -0.2) is 0 Å². The Hall–Kier alpha value is -4.50. The number of benzene rings is 3. The van der Waals surface area contributed by atoms with Crippen molar-refractivity contribution in [1.29, 1.82) is 0 Å². The molecule has 1 spiro atoms. The molecule has 5 heterocycles. The molecule has 39 heavy (non-hydrogen) atoms. The summed E-state index contributed by atoms with van der Waals surface area (Å²) in [5.74, 6) is 0.358. The lowest BCUT2D eigenvalue weighted by Crippen LogP contribution is -2.51. The normalized spacial score (nSPS) is 22.8. The van der Waals surface area contributed by atoms with Crippen LogP contribution >= 0.6 is 0 Å². The number of aromatic nitrogens is 2. The van der Waals surface area contributed by atoms with Crippen LogP contribution in [-0.4, -0.2) is 0 Å². The fourth-order valence-corrected chi connectivity index (χ4v) is 8.39. The Morgan fingerprint density at radius 3 is 2.62 bits per heavy atom. The Morgan fingerprint density at radius 1 is 0.821 bits per heavy atom. The summed E-state index contributed by atoms with van der Waals surface area (Å²) in [7, 11) is 0. The van der Waals surface area contributed by atoms with Gasteiger partial charge in [-0.05, 0) is 55.7 Å². The zero-order valence-electron chi connectivity index (χ0n) is 21.9. The second-order valence-electron chi connectivity index (χ2n) is 11.9. The second kappa shape index (κ2) is 6.55. The highest BCUT2D eigenvalue weighted by molar-refractivity contribution is 6.12. The third kappa shape index (κ3) is 2.22. The molecule has 3 nitrogen and oxygen atoms in total. The Bertz CT molecular complexity index is 2090. The number of nitrogens with zero attached hydrogens (tertiary/aromatic N) is 2. The number of hydrogen-bond donors (Lipinski definition) is 0. The van der Waals surface area contributed by atoms with E-state index in [9.17, 15) is 0 Å². The van der Waals surface area contributed by atoms with Gasteiger partial charge in [-0.3, -0.25) is 0 Å². The lowest BCUT2D eigenvalue weighted by Gasteiger charge is -2.11. The molecule has 184 valence electrons. The van der Waals surface area contributed by atoms with Crippen LogP contribution in [0.2, 0.25) is 0 Å². The van der Waals surface area contributed by atoms with Crippen molar-refractivity contribution in [2.24, 2.45) is 0 Å². The quantitative estimate of drug-likeness (QED) is 0.202. The van der Waals surface area contributed by atoms with Crippen LogP contribution in [0.15, 0.2) is 101 Å². The van der Waals surface area contributed by atoms with Gasteiger partial charge in [0.1, 0.15) is 17.1 Å². The predicted octanol–water partition coefficient (Wildman–Crippen LogP) is 7.17. The van der Waals surface area contributed by atoms with Crippen molar-refractivity contribution < 1.29 is 13.6 Å². The van der Waals surface area contributed by atoms with Crippen LogP contribution in [0, 0.1) is 6.92 Å². The Labute approximate surface area is 226 Å². The number of allylic oxidation sites excluding steroid dienone is 1. The summed E-state index contributed by atoms with van der Waals surface area (Å²) in [5.41, 5.74) is 15.2. The van der Waals surface area contributed by atoms with Gasteiger partial charge >= 0.3 is 0 Å². The van der Waals surface area contributed by atoms with Gasteiger partial charge in [0.2, 0.25) is 17.4 Å². The van der Waals surface area contributed by atoms with E-state index in [2.05, 4.69) is 120 Å². The number of aryl methyl sites for hydroxylation is 1. The monoisotopic (exact) mass is 502 g/mol. The summed E-state index contributed by atoms with van der Waals surface area (Å²) in [5, 5.41) is 2.43. The van der Waals surface area contributed by atoms with Crippen LogP contribution in [0.1, 0.15) is 46.7 Å². The molecule has 0 saturated heterocycles. The van der Waals surface area contributed by atoms with Gasteiger partial charge in [0.15, 0.2) is 12.4 Å². The molecule has 3 aromatic carbocycles. The average molecular weight is 503 g/mol. The fraction of sp³-hybridized carbons (Fsp3) is 0.167. The minimum absolute atomic E-state index is 0.185. The van der Waals surface area contributed by atoms with Crippen molar-refractivity contribution in [3.8, 4) is 22.5 Å². The smallest absolute Gasteiger partial charge is 0.269 e. The fourth-order valence-electron chi connectivity index (χ4n) is 8.39. The standard InChI is InChI=1S/C36H26N2O/c1-20-10-15-30-31-28(14-13-26-25-12-11-22-17-21(2)18-27(22)33(25)39-34(26)31)36(38(30)19-20)32-24-8-4-3-7-23(24)29-9-5-6-16-37(29)35(32)36/h3-16,18-19,32,35H,17H2,1-2H3/q+2. The van der Waals surface area contributed by atoms with Crippen molar-refractivity contribution in [2.75, 3.05) is 0 Å². The zero-order valence-corrected chi connectivity index (χ0v) is 21.9. The van der Waals surface area contributed by atoms with E-state index < -0.39 is 0 Å². The first-order valence-corrected chi connectivity index (χ1v) is 14.0. The summed E-state index contributed by atoms with van der Waals surface area (Å²) < 4.78 is 12.0. The number of pyridine rings is 2. The molecule has 3 heteroatoms. The van der Waals surface area contributed by atoms with Gasteiger partial charge in [0, 0.05) is 45.7 Å². The third-order valence-corrected chi connectivity index (χ3v) is 9.87. The molecular weight excluding hydrogens is 476 g/mol. The number of furan rings is 1. The summed E-state index contributed by atoms with van der Waals surface area (Å²) in [6, 6.07) is 29.8. The Kier molecular flexibility index (Phi) is 3.44. The maximum Gasteiger partial charge on any atom is 0.269 e. The first kappa shape index (κ1) is 20.5. The molecule has 0 radical (unpaired) electrons. The van der Waals surface area contributed by atoms with E-state index >= 15 is 0 Å². The van der Waals surface area contributed by atoms with E-state index in [-0.39, 0.29) is 5.54 Å². The molecule has 3 atom stereocenters. The largest absolute Gasteiger partial charge is 0.455 e. The summed E-state index contributed by atoms with van der Waals surface area (Å²) >= 11 is 0. The highest BCUT2D eigenvalue weighted by Gasteiger charge is 2.86. The maximum absolute atomic E-state index is 6.92. The third-order valence-electron chi connectivity index (χ3n) is 9.87. The molecule has 1 fully saturated rings. The van der Waals surface area contributed by atoms with E-state index in [0.29, 0.717) is 12.0 Å². The molecule has 0 bridgehead atoms. The molecule has 4 aliphatic rings. The number of fused-ring (bicyclic) bond motifs is 19. The lowest BCUT2D eigenvalue weighted by molar-refractivity contribution is -0.772. The van der Waals surface area contributed by atoms with Gasteiger partial charge < -0.3 is 4.42 Å². The van der Waals surface area contributed by atoms with Crippen LogP contribution in [0.25, 0.3) is 50.5 Å². The minimum atomic E-state index is -0.185. The summed E-state index contributed by atoms with van der Waals surface area (Å²) in [4.78, 5) is 0. The molecule has 6 aromatic rings. The van der Waals surface area contributed by atoms with Gasteiger partial charge in [0.25, 0.3) is 5.54 Å². The minimum Gasteiger partial charge on any atom is -0.455 e. The molecule has 10 rings (SSSR count). The van der Waals surface area contributed by atoms with Crippen molar-refractivity contribution in [3.63, 3.8) is 0 Å². The Balaban J connectivity index is 1.33. The van der Waals surface area contributed by atoms with E-state index in [4.69, 9.17) is 4.42 Å². The predicted molar refractivity (Wildman–Crippen MR) is 152 cm³/mol. The molecule has 1 saturated carbocycles. The van der Waals surface area contributed by atoms with Crippen LogP contribution in [0.5, 0.6) is 0 Å². The number of rotatable bonds is 0. The Morgan fingerprint density at radius 2 is 1.67 bits per heavy atom. The highest BCUT2D eigenvalue weighted by Crippen LogP contribution is 2.71. The molecule has 3 aromatic heterocycles. The van der Waals surface area contributed by atoms with Crippen molar-refractivity contribution in [2.45, 2.75) is 37.8 Å². The van der Waals surface area contributed by atoms with Crippen LogP contribution in [0.3, 0.4) is 0 Å². The van der Waals surface area contributed by atoms with E-state index in [1.54, 1.807) is 0 Å². The van der Waals surface area contributed by atoms with E-state index in [1.165, 1.54) is 66.7 Å². The summed E-state index contributed by atoms with van der Waals surface area (Å²) in [6.45, 7) is 4.42. The maximum atomic E-state index is 6.92. The lowest BCUT2D eigenvalue weighted by atomic mass is 9.92. The number of hydrogen-bond acceptors (Lipinski definition) is 1. The SMILES string of the molecule is CC1=Cc2c(ccc3c2oc2c4c(ccc23)C2(C3c5ccccc5-c5cccc[n+]5C32)[n+]2cc(C)ccc2-4)C1. The molecule has 0 N–H and O–H groups in total.